The number of nitrogens with zero attached hydrogens (tertiary/aromatic N) is 1. The number of rotatable bonds is 4. The fraction of sp³-hybridized carbons (Fsp3) is 0.417. The Labute approximate surface area is 89.7 Å². The summed E-state index contributed by atoms with van der Waals surface area (Å²) in [4.78, 5) is 0. The van der Waals surface area contributed by atoms with Crippen LogP contribution in [0.1, 0.15) is 19.4 Å². The normalized spacial score (nSPS) is 14.3. The molecule has 0 bridgehead atoms. The van der Waals surface area contributed by atoms with Gasteiger partial charge in [0.05, 0.1) is 6.07 Å². The van der Waals surface area contributed by atoms with E-state index in [9.17, 15) is 4.39 Å². The van der Waals surface area contributed by atoms with Gasteiger partial charge in [-0.3, -0.25) is 5.32 Å². The Morgan fingerprint density at radius 3 is 2.47 bits per heavy atom. The van der Waals surface area contributed by atoms with Crippen LogP contribution in [-0.4, -0.2) is 12.1 Å². The molecule has 0 radical (unpaired) electrons. The molecule has 0 aliphatic heterocycles. The van der Waals surface area contributed by atoms with Crippen molar-refractivity contribution in [3.8, 4) is 6.07 Å². The Kier molecular flexibility index (Phi) is 3.81. The van der Waals surface area contributed by atoms with Crippen molar-refractivity contribution in [1.29, 1.82) is 5.26 Å². The maximum Gasteiger partial charge on any atom is 0.123 e. The number of nitrogens with one attached hydrogen (secondary N) is 1. The summed E-state index contributed by atoms with van der Waals surface area (Å²) in [5.41, 5.74) is 0.383. The zero-order chi connectivity index (χ0) is 11.3. The molecule has 1 aromatic carbocycles. The average Bonchev–Trinajstić information content (AvgIpc) is 2.22. The number of halogens is 1. The molecule has 0 aliphatic rings. The third-order valence-electron chi connectivity index (χ3n) is 2.28. The number of nitriles is 1. The maximum atomic E-state index is 12.7. The summed E-state index contributed by atoms with van der Waals surface area (Å²) < 4.78 is 12.7. The zero-order valence-electron chi connectivity index (χ0n) is 9.05. The molecule has 1 rings (SSSR count). The Balaban J connectivity index is 2.76. The van der Waals surface area contributed by atoms with E-state index in [4.69, 9.17) is 5.26 Å². The first-order valence-electron chi connectivity index (χ1n) is 5.00. The molecular weight excluding hydrogens is 191 g/mol. The minimum Gasteiger partial charge on any atom is -0.300 e. The first-order chi connectivity index (χ1) is 7.09. The van der Waals surface area contributed by atoms with Crippen LogP contribution in [-0.2, 0) is 6.42 Å². The lowest BCUT2D eigenvalue weighted by Gasteiger charge is -2.22. The highest BCUT2D eigenvalue weighted by atomic mass is 19.1. The Bertz CT molecular complexity index is 353. The van der Waals surface area contributed by atoms with E-state index in [0.29, 0.717) is 6.42 Å². The second-order valence-electron chi connectivity index (χ2n) is 3.78. The van der Waals surface area contributed by atoms with E-state index in [1.807, 2.05) is 13.8 Å². The molecule has 15 heavy (non-hydrogen) atoms. The molecule has 2 nitrogen and oxygen atoms in total. The molecule has 0 fully saturated rings. The van der Waals surface area contributed by atoms with Crippen LogP contribution >= 0.6 is 0 Å². The number of hydrogen-bond donors (Lipinski definition) is 1. The molecule has 1 atom stereocenters. The van der Waals surface area contributed by atoms with Crippen LogP contribution in [0.25, 0.3) is 0 Å². The predicted molar refractivity (Wildman–Crippen MR) is 57.8 cm³/mol. The average molecular weight is 206 g/mol. The quantitative estimate of drug-likeness (QED) is 0.820. The van der Waals surface area contributed by atoms with Gasteiger partial charge in [-0.25, -0.2) is 4.39 Å². The lowest BCUT2D eigenvalue weighted by Crippen LogP contribution is -2.42. The van der Waals surface area contributed by atoms with E-state index in [-0.39, 0.29) is 5.82 Å². The summed E-state index contributed by atoms with van der Waals surface area (Å²) >= 11 is 0. The standard InChI is InChI=1S/C12H15FN2/c1-3-15-12(2,9-14)8-10-4-6-11(13)7-5-10/h4-7,15H,3,8H2,1-2H3. The molecule has 0 amide bonds. The van der Waals surface area contributed by atoms with Gasteiger partial charge in [0.25, 0.3) is 0 Å². The predicted octanol–water partition coefficient (Wildman–Crippen LogP) is 2.26. The van der Waals surface area contributed by atoms with E-state index in [1.54, 1.807) is 12.1 Å². The second kappa shape index (κ2) is 4.90. The summed E-state index contributed by atoms with van der Waals surface area (Å²) in [5, 5.41) is 12.2. The molecule has 0 aromatic heterocycles. The van der Waals surface area contributed by atoms with Gasteiger partial charge in [-0.2, -0.15) is 5.26 Å². The molecule has 1 N–H and O–H groups in total. The van der Waals surface area contributed by atoms with Gasteiger partial charge in [-0.05, 0) is 31.2 Å². The summed E-state index contributed by atoms with van der Waals surface area (Å²) in [5.74, 6) is -0.249. The molecular formula is C12H15FN2. The van der Waals surface area contributed by atoms with Crippen LogP contribution in [0.2, 0.25) is 0 Å². The third kappa shape index (κ3) is 3.34. The van der Waals surface area contributed by atoms with Crippen molar-refractivity contribution in [2.75, 3.05) is 6.54 Å². The van der Waals surface area contributed by atoms with E-state index >= 15 is 0 Å². The van der Waals surface area contributed by atoms with Crippen LogP contribution in [0.4, 0.5) is 4.39 Å². The van der Waals surface area contributed by atoms with Crippen molar-refractivity contribution >= 4 is 0 Å². The lowest BCUT2D eigenvalue weighted by molar-refractivity contribution is 0.458. The third-order valence-corrected chi connectivity index (χ3v) is 2.28. The summed E-state index contributed by atoms with van der Waals surface area (Å²) in [6.45, 7) is 4.55. The van der Waals surface area contributed by atoms with Gasteiger partial charge in [-0.1, -0.05) is 19.1 Å². The van der Waals surface area contributed by atoms with Crippen LogP contribution < -0.4 is 5.32 Å². The first kappa shape index (κ1) is 11.7. The smallest absolute Gasteiger partial charge is 0.123 e. The van der Waals surface area contributed by atoms with Gasteiger partial charge in [0.2, 0.25) is 0 Å². The van der Waals surface area contributed by atoms with Crippen molar-refractivity contribution in [2.45, 2.75) is 25.8 Å². The van der Waals surface area contributed by atoms with E-state index in [0.717, 1.165) is 12.1 Å². The molecule has 0 heterocycles. The van der Waals surface area contributed by atoms with Crippen LogP contribution in [0.3, 0.4) is 0 Å². The largest absolute Gasteiger partial charge is 0.300 e. The summed E-state index contributed by atoms with van der Waals surface area (Å²) in [6, 6.07) is 8.49. The molecule has 0 saturated heterocycles. The summed E-state index contributed by atoms with van der Waals surface area (Å²) in [7, 11) is 0. The molecule has 0 saturated carbocycles. The molecule has 0 aliphatic carbocycles. The van der Waals surface area contributed by atoms with Crippen molar-refractivity contribution in [1.82, 2.24) is 5.32 Å². The van der Waals surface area contributed by atoms with E-state index < -0.39 is 5.54 Å². The highest BCUT2D eigenvalue weighted by Crippen LogP contribution is 2.13. The fourth-order valence-electron chi connectivity index (χ4n) is 1.54. The van der Waals surface area contributed by atoms with E-state index in [1.165, 1.54) is 12.1 Å². The molecule has 1 unspecified atom stereocenters. The van der Waals surface area contributed by atoms with Crippen LogP contribution in [0.5, 0.6) is 0 Å². The highest BCUT2D eigenvalue weighted by Gasteiger charge is 2.22. The molecule has 3 heteroatoms. The van der Waals surface area contributed by atoms with Crippen LogP contribution in [0.15, 0.2) is 24.3 Å². The van der Waals surface area contributed by atoms with Crippen molar-refractivity contribution in [3.63, 3.8) is 0 Å². The van der Waals surface area contributed by atoms with Crippen LogP contribution in [0, 0.1) is 17.1 Å². The molecule has 80 valence electrons. The molecule has 0 spiro atoms. The van der Waals surface area contributed by atoms with E-state index in [2.05, 4.69) is 11.4 Å². The van der Waals surface area contributed by atoms with Gasteiger partial charge in [0.1, 0.15) is 11.4 Å². The van der Waals surface area contributed by atoms with Gasteiger partial charge < -0.3 is 0 Å². The minimum absolute atomic E-state index is 0.249. The monoisotopic (exact) mass is 206 g/mol. The van der Waals surface area contributed by atoms with Gasteiger partial charge in [-0.15, -0.1) is 0 Å². The second-order valence-corrected chi connectivity index (χ2v) is 3.78. The Morgan fingerprint density at radius 2 is 2.00 bits per heavy atom. The maximum absolute atomic E-state index is 12.7. The number of likely N-dealkylation sites (N-methyl/N-ethyl adjacent to an activating group) is 1. The van der Waals surface area contributed by atoms with Gasteiger partial charge in [0.15, 0.2) is 0 Å². The summed E-state index contributed by atoms with van der Waals surface area (Å²) in [6.07, 6.45) is 0.581. The topological polar surface area (TPSA) is 35.8 Å². The van der Waals surface area contributed by atoms with Crippen molar-refractivity contribution in [3.05, 3.63) is 35.6 Å². The van der Waals surface area contributed by atoms with Gasteiger partial charge >= 0.3 is 0 Å². The fourth-order valence-corrected chi connectivity index (χ4v) is 1.54. The minimum atomic E-state index is -0.577. The SMILES string of the molecule is CCNC(C)(C#N)Cc1ccc(F)cc1. The Morgan fingerprint density at radius 1 is 1.40 bits per heavy atom. The number of benzene rings is 1. The highest BCUT2D eigenvalue weighted by molar-refractivity contribution is 5.22. The van der Waals surface area contributed by atoms with Gasteiger partial charge in [0, 0.05) is 6.42 Å². The number of hydrogen-bond acceptors (Lipinski definition) is 2. The molecule has 1 aromatic rings. The zero-order valence-corrected chi connectivity index (χ0v) is 9.05. The van der Waals surface area contributed by atoms with Crippen molar-refractivity contribution < 1.29 is 4.39 Å². The first-order valence-corrected chi connectivity index (χ1v) is 5.00. The van der Waals surface area contributed by atoms with Crippen molar-refractivity contribution in [2.24, 2.45) is 0 Å². The lowest BCUT2D eigenvalue weighted by atomic mass is 9.94. The Hall–Kier alpha value is -1.40.